The van der Waals surface area contributed by atoms with Crippen molar-refractivity contribution in [2.24, 2.45) is 0 Å². The molecule has 0 aliphatic carbocycles. The molecule has 3 heteroatoms. The van der Waals surface area contributed by atoms with Crippen LogP contribution in [0.3, 0.4) is 0 Å². The van der Waals surface area contributed by atoms with Crippen molar-refractivity contribution >= 4 is 5.69 Å². The van der Waals surface area contributed by atoms with Crippen LogP contribution in [0.1, 0.15) is 48.9 Å². The van der Waals surface area contributed by atoms with Crippen LogP contribution in [0.4, 0.5) is 10.1 Å². The predicted octanol–water partition coefficient (Wildman–Crippen LogP) is 5.06. The molecule has 0 amide bonds. The summed E-state index contributed by atoms with van der Waals surface area (Å²) in [6, 6.07) is 11.9. The molecule has 22 heavy (non-hydrogen) atoms. The third-order valence-electron chi connectivity index (χ3n) is 4.64. The fourth-order valence-electron chi connectivity index (χ4n) is 3.02. The van der Waals surface area contributed by atoms with Gasteiger partial charge in [0.15, 0.2) is 11.6 Å². The first-order valence-corrected chi connectivity index (χ1v) is 7.85. The number of rotatable bonds is 4. The van der Waals surface area contributed by atoms with Crippen molar-refractivity contribution in [3.8, 4) is 5.75 Å². The van der Waals surface area contributed by atoms with Gasteiger partial charge >= 0.3 is 0 Å². The van der Waals surface area contributed by atoms with Crippen LogP contribution in [0, 0.1) is 5.82 Å². The second kappa shape index (κ2) is 5.99. The summed E-state index contributed by atoms with van der Waals surface area (Å²) in [7, 11) is 1.48. The van der Waals surface area contributed by atoms with E-state index < -0.39 is 0 Å². The summed E-state index contributed by atoms with van der Waals surface area (Å²) < 4.78 is 18.9. The third-order valence-corrected chi connectivity index (χ3v) is 4.64. The highest BCUT2D eigenvalue weighted by atomic mass is 19.1. The summed E-state index contributed by atoms with van der Waals surface area (Å²) in [4.78, 5) is 0. The number of ether oxygens (including phenoxy) is 1. The molecule has 1 N–H and O–H groups in total. The minimum Gasteiger partial charge on any atom is -0.494 e. The fourth-order valence-corrected chi connectivity index (χ4v) is 3.02. The first kappa shape index (κ1) is 14.9. The van der Waals surface area contributed by atoms with Gasteiger partial charge in [-0.25, -0.2) is 4.39 Å². The molecule has 0 saturated carbocycles. The Hall–Kier alpha value is -2.03. The zero-order chi connectivity index (χ0) is 15.7. The largest absolute Gasteiger partial charge is 0.494 e. The van der Waals surface area contributed by atoms with Crippen LogP contribution in [-0.4, -0.2) is 7.11 Å². The molecule has 2 aromatic carbocycles. The second-order valence-electron chi connectivity index (χ2n) is 6.02. The van der Waals surface area contributed by atoms with Crippen LogP contribution in [0.5, 0.6) is 5.75 Å². The molecule has 0 aromatic heterocycles. The van der Waals surface area contributed by atoms with Gasteiger partial charge in [0.1, 0.15) is 0 Å². The van der Waals surface area contributed by atoms with E-state index in [0.29, 0.717) is 11.7 Å². The van der Waals surface area contributed by atoms with Gasteiger partial charge in [-0.2, -0.15) is 0 Å². The molecule has 3 rings (SSSR count). The summed E-state index contributed by atoms with van der Waals surface area (Å²) >= 11 is 0. The van der Waals surface area contributed by atoms with E-state index in [1.54, 1.807) is 12.1 Å². The van der Waals surface area contributed by atoms with Crippen LogP contribution < -0.4 is 10.1 Å². The Bertz CT molecular complexity index is 683. The molecule has 2 atom stereocenters. The summed E-state index contributed by atoms with van der Waals surface area (Å²) in [5, 5.41) is 3.49. The number of hydrogen-bond donors (Lipinski definition) is 1. The number of fused-ring (bicyclic) bond motifs is 1. The van der Waals surface area contributed by atoms with Crippen molar-refractivity contribution < 1.29 is 9.13 Å². The molecule has 1 heterocycles. The van der Waals surface area contributed by atoms with Gasteiger partial charge < -0.3 is 10.1 Å². The van der Waals surface area contributed by atoms with Gasteiger partial charge in [-0.05, 0) is 53.6 Å². The molecule has 1 aliphatic rings. The van der Waals surface area contributed by atoms with E-state index in [2.05, 4.69) is 37.4 Å². The highest BCUT2D eigenvalue weighted by molar-refractivity contribution is 5.59. The van der Waals surface area contributed by atoms with Crippen molar-refractivity contribution in [2.75, 3.05) is 12.4 Å². The summed E-state index contributed by atoms with van der Waals surface area (Å²) in [6.45, 7) is 4.46. The normalized spacial score (nSPS) is 17.7. The Balaban J connectivity index is 1.83. The first-order valence-electron chi connectivity index (χ1n) is 7.85. The highest BCUT2D eigenvalue weighted by Gasteiger charge is 2.23. The van der Waals surface area contributed by atoms with E-state index in [-0.39, 0.29) is 11.9 Å². The van der Waals surface area contributed by atoms with Crippen LogP contribution in [0.2, 0.25) is 0 Å². The first-order chi connectivity index (χ1) is 10.6. The zero-order valence-corrected chi connectivity index (χ0v) is 13.3. The minimum atomic E-state index is -0.307. The predicted molar refractivity (Wildman–Crippen MR) is 88.2 cm³/mol. The van der Waals surface area contributed by atoms with E-state index in [1.165, 1.54) is 18.2 Å². The number of halogens is 1. The van der Waals surface area contributed by atoms with E-state index in [0.717, 1.165) is 24.1 Å². The number of hydrogen-bond acceptors (Lipinski definition) is 2. The lowest BCUT2D eigenvalue weighted by atomic mass is 9.95. The molecule has 2 nitrogen and oxygen atoms in total. The molecule has 0 radical (unpaired) electrons. The fraction of sp³-hybridized carbons (Fsp3) is 0.368. The molecule has 0 fully saturated rings. The summed E-state index contributed by atoms with van der Waals surface area (Å²) in [5.74, 6) is 0.555. The van der Waals surface area contributed by atoms with Crippen molar-refractivity contribution in [1.82, 2.24) is 0 Å². The van der Waals surface area contributed by atoms with E-state index >= 15 is 0 Å². The molecular formula is C19H22FNO. The minimum absolute atomic E-state index is 0.127. The van der Waals surface area contributed by atoms with Crippen molar-refractivity contribution in [3.05, 3.63) is 58.9 Å². The summed E-state index contributed by atoms with van der Waals surface area (Å²) in [5.41, 5.74) is 4.82. The highest BCUT2D eigenvalue weighted by Crippen LogP contribution is 2.37. The van der Waals surface area contributed by atoms with Crippen LogP contribution in [0.15, 0.2) is 36.4 Å². The molecule has 2 aromatic rings. The van der Waals surface area contributed by atoms with Gasteiger partial charge in [-0.15, -0.1) is 0 Å². The lowest BCUT2D eigenvalue weighted by Gasteiger charge is -2.13. The monoisotopic (exact) mass is 299 g/mol. The van der Waals surface area contributed by atoms with Crippen molar-refractivity contribution in [3.63, 3.8) is 0 Å². The average molecular weight is 299 g/mol. The standard InChI is InChI=1S/C19H22FNO/c1-4-12(2)13-5-7-17-15(9-13)11-18(21-17)14-6-8-19(22-3)16(20)10-14/h5-10,12,18,21H,4,11H2,1-3H3. The van der Waals surface area contributed by atoms with Crippen LogP contribution >= 0.6 is 0 Å². The quantitative estimate of drug-likeness (QED) is 0.852. The Kier molecular flexibility index (Phi) is 4.06. The van der Waals surface area contributed by atoms with Crippen molar-refractivity contribution in [1.29, 1.82) is 0 Å². The Morgan fingerprint density at radius 3 is 2.77 bits per heavy atom. The van der Waals surface area contributed by atoms with E-state index in [9.17, 15) is 4.39 Å². The maximum absolute atomic E-state index is 13.9. The topological polar surface area (TPSA) is 21.3 Å². The lowest BCUT2D eigenvalue weighted by molar-refractivity contribution is 0.386. The Morgan fingerprint density at radius 2 is 2.09 bits per heavy atom. The van der Waals surface area contributed by atoms with Crippen LogP contribution in [-0.2, 0) is 6.42 Å². The third kappa shape index (κ3) is 2.68. The number of methoxy groups -OCH3 is 1. The van der Waals surface area contributed by atoms with Gasteiger partial charge in [0.2, 0.25) is 0 Å². The second-order valence-corrected chi connectivity index (χ2v) is 6.02. The molecule has 2 unspecified atom stereocenters. The smallest absolute Gasteiger partial charge is 0.165 e. The van der Waals surface area contributed by atoms with Crippen molar-refractivity contribution in [2.45, 2.75) is 38.6 Å². The molecule has 0 saturated heterocycles. The average Bonchev–Trinajstić information content (AvgIpc) is 2.97. The van der Waals surface area contributed by atoms with Gasteiger partial charge in [-0.3, -0.25) is 0 Å². The molecule has 0 spiro atoms. The van der Waals surface area contributed by atoms with Gasteiger partial charge in [0.25, 0.3) is 0 Å². The Labute approximate surface area is 131 Å². The number of nitrogens with one attached hydrogen (secondary N) is 1. The van der Waals surface area contributed by atoms with Crippen LogP contribution in [0.25, 0.3) is 0 Å². The SMILES string of the molecule is CCC(C)c1ccc2c(c1)CC(c1ccc(OC)c(F)c1)N2. The number of benzene rings is 2. The molecule has 1 aliphatic heterocycles. The Morgan fingerprint density at radius 1 is 1.27 bits per heavy atom. The number of anilines is 1. The molecule has 0 bridgehead atoms. The van der Waals surface area contributed by atoms with Gasteiger partial charge in [0.05, 0.1) is 13.2 Å². The van der Waals surface area contributed by atoms with Gasteiger partial charge in [-0.1, -0.05) is 32.0 Å². The maximum Gasteiger partial charge on any atom is 0.165 e. The van der Waals surface area contributed by atoms with Gasteiger partial charge in [0, 0.05) is 5.69 Å². The zero-order valence-electron chi connectivity index (χ0n) is 13.3. The molecule has 116 valence electrons. The summed E-state index contributed by atoms with van der Waals surface area (Å²) in [6.07, 6.45) is 2.03. The lowest BCUT2D eigenvalue weighted by Crippen LogP contribution is -2.06. The maximum atomic E-state index is 13.9. The van der Waals surface area contributed by atoms with E-state index in [1.807, 2.05) is 6.07 Å². The van der Waals surface area contributed by atoms with E-state index in [4.69, 9.17) is 4.74 Å². The molecular weight excluding hydrogens is 277 g/mol.